The van der Waals surface area contributed by atoms with Gasteiger partial charge >= 0.3 is 4.87 Å². The van der Waals surface area contributed by atoms with Crippen molar-refractivity contribution in [2.45, 2.75) is 19.9 Å². The van der Waals surface area contributed by atoms with Crippen molar-refractivity contribution in [3.8, 4) is 0 Å². The minimum absolute atomic E-state index is 0.0174. The van der Waals surface area contributed by atoms with Crippen molar-refractivity contribution in [3.05, 3.63) is 20.7 Å². The summed E-state index contributed by atoms with van der Waals surface area (Å²) < 4.78 is 6.69. The number of nitrogens with zero attached hydrogens (tertiary/aromatic N) is 1. The van der Waals surface area contributed by atoms with Gasteiger partial charge in [0.25, 0.3) is 0 Å². The molecule has 0 amide bonds. The predicted molar refractivity (Wildman–Crippen MR) is 57.2 cm³/mol. The Hall–Kier alpha value is -0.940. The maximum absolute atomic E-state index is 11.8. The fourth-order valence-electron chi connectivity index (χ4n) is 1.67. The van der Waals surface area contributed by atoms with E-state index in [2.05, 4.69) is 0 Å². The van der Waals surface area contributed by atoms with Crippen molar-refractivity contribution in [2.75, 3.05) is 13.2 Å². The molecule has 1 saturated heterocycles. The summed E-state index contributed by atoms with van der Waals surface area (Å²) in [6.07, 6.45) is 0.788. The number of Topliss-reactive ketones (excluding diaryl/α,β-unsaturated/α-hetero) is 1. The zero-order valence-electron chi connectivity index (χ0n) is 8.56. The van der Waals surface area contributed by atoms with E-state index in [1.54, 1.807) is 5.38 Å². The van der Waals surface area contributed by atoms with Gasteiger partial charge in [-0.05, 0) is 13.3 Å². The highest BCUT2D eigenvalue weighted by atomic mass is 32.1. The van der Waals surface area contributed by atoms with Gasteiger partial charge in [-0.2, -0.15) is 0 Å². The van der Waals surface area contributed by atoms with Crippen LogP contribution in [0.15, 0.2) is 10.2 Å². The average molecular weight is 227 g/mol. The fourth-order valence-corrected chi connectivity index (χ4v) is 2.40. The van der Waals surface area contributed by atoms with E-state index in [-0.39, 0.29) is 23.1 Å². The Labute approximate surface area is 91.5 Å². The molecule has 0 spiro atoms. The molecule has 2 heterocycles. The number of carbonyl (C=O) groups is 1. The maximum atomic E-state index is 11.8. The molecule has 0 N–H and O–H groups in total. The summed E-state index contributed by atoms with van der Waals surface area (Å²) in [6, 6.07) is 0. The molecule has 4 nitrogen and oxygen atoms in total. The van der Waals surface area contributed by atoms with Crippen LogP contribution in [0.2, 0.25) is 0 Å². The number of carbonyl (C=O) groups excluding carboxylic acids is 1. The summed E-state index contributed by atoms with van der Waals surface area (Å²) in [5.41, 5.74) is 0.859. The van der Waals surface area contributed by atoms with Crippen LogP contribution in [0, 0.1) is 12.8 Å². The smallest absolute Gasteiger partial charge is 0.307 e. The van der Waals surface area contributed by atoms with Gasteiger partial charge in [0, 0.05) is 23.6 Å². The molecule has 0 aliphatic carbocycles. The van der Waals surface area contributed by atoms with Crippen molar-refractivity contribution in [3.63, 3.8) is 0 Å². The summed E-state index contributed by atoms with van der Waals surface area (Å²) in [5, 5.41) is 1.78. The number of aryl methyl sites for hydroxylation is 1. The van der Waals surface area contributed by atoms with Crippen LogP contribution in [0.4, 0.5) is 0 Å². The second-order valence-electron chi connectivity index (χ2n) is 3.76. The number of aromatic nitrogens is 1. The van der Waals surface area contributed by atoms with E-state index in [9.17, 15) is 9.59 Å². The Kier molecular flexibility index (Phi) is 3.02. The highest BCUT2D eigenvalue weighted by molar-refractivity contribution is 7.07. The van der Waals surface area contributed by atoms with Crippen LogP contribution in [-0.2, 0) is 16.1 Å². The molecule has 1 unspecified atom stereocenters. The number of ketones is 1. The second kappa shape index (κ2) is 4.28. The second-order valence-corrected chi connectivity index (χ2v) is 4.58. The van der Waals surface area contributed by atoms with E-state index in [4.69, 9.17) is 4.74 Å². The van der Waals surface area contributed by atoms with Crippen molar-refractivity contribution < 1.29 is 9.53 Å². The van der Waals surface area contributed by atoms with Crippen molar-refractivity contribution in [1.82, 2.24) is 4.57 Å². The van der Waals surface area contributed by atoms with Crippen molar-refractivity contribution in [1.29, 1.82) is 0 Å². The van der Waals surface area contributed by atoms with Crippen LogP contribution in [0.5, 0.6) is 0 Å². The molecule has 0 saturated carbocycles. The van der Waals surface area contributed by atoms with Crippen molar-refractivity contribution >= 4 is 17.1 Å². The predicted octanol–water partition coefficient (Wildman–Crippen LogP) is 0.824. The van der Waals surface area contributed by atoms with E-state index in [0.717, 1.165) is 23.5 Å². The molecule has 82 valence electrons. The van der Waals surface area contributed by atoms with E-state index in [0.29, 0.717) is 13.2 Å². The van der Waals surface area contributed by atoms with Gasteiger partial charge in [-0.3, -0.25) is 14.2 Å². The standard InChI is InChI=1S/C10H13NO3S/c1-7-6-15-10(13)11(7)4-9(12)8-2-3-14-5-8/h6,8H,2-5H2,1H3. The van der Waals surface area contributed by atoms with Crippen LogP contribution < -0.4 is 4.87 Å². The molecule has 0 radical (unpaired) electrons. The zero-order valence-corrected chi connectivity index (χ0v) is 9.38. The lowest BCUT2D eigenvalue weighted by molar-refractivity contribution is -0.123. The number of ether oxygens (including phenoxy) is 1. The molecular formula is C10H13NO3S. The first-order chi connectivity index (χ1) is 7.18. The normalized spacial score (nSPS) is 20.7. The topological polar surface area (TPSA) is 48.3 Å². The fraction of sp³-hybridized carbons (Fsp3) is 0.600. The zero-order chi connectivity index (χ0) is 10.8. The minimum Gasteiger partial charge on any atom is -0.381 e. The molecule has 1 aromatic heterocycles. The van der Waals surface area contributed by atoms with Gasteiger partial charge in [0.05, 0.1) is 13.2 Å². The van der Waals surface area contributed by atoms with Crippen LogP contribution in [0.3, 0.4) is 0 Å². The van der Waals surface area contributed by atoms with Crippen LogP contribution >= 0.6 is 11.3 Å². The third-order valence-corrected chi connectivity index (χ3v) is 3.56. The molecule has 1 fully saturated rings. The molecule has 0 aromatic carbocycles. The number of rotatable bonds is 3. The molecule has 1 atom stereocenters. The van der Waals surface area contributed by atoms with E-state index >= 15 is 0 Å². The number of hydrogen-bond acceptors (Lipinski definition) is 4. The Morgan fingerprint density at radius 1 is 1.73 bits per heavy atom. The summed E-state index contributed by atoms with van der Waals surface area (Å²) in [7, 11) is 0. The molecule has 15 heavy (non-hydrogen) atoms. The van der Waals surface area contributed by atoms with Gasteiger partial charge in [0.1, 0.15) is 0 Å². The Bertz CT molecular complexity index is 415. The monoisotopic (exact) mass is 227 g/mol. The van der Waals surface area contributed by atoms with E-state index in [1.165, 1.54) is 4.57 Å². The molecular weight excluding hydrogens is 214 g/mol. The first kappa shape index (κ1) is 10.6. The minimum atomic E-state index is -0.0558. The van der Waals surface area contributed by atoms with Crippen LogP contribution in [0.1, 0.15) is 12.1 Å². The van der Waals surface area contributed by atoms with Gasteiger partial charge in [-0.15, -0.1) is 0 Å². The van der Waals surface area contributed by atoms with Crippen LogP contribution in [-0.4, -0.2) is 23.6 Å². The SMILES string of the molecule is Cc1csc(=O)n1CC(=O)C1CCOC1. The maximum Gasteiger partial charge on any atom is 0.307 e. The molecule has 2 rings (SSSR count). The van der Waals surface area contributed by atoms with Gasteiger partial charge in [0.15, 0.2) is 5.78 Å². The molecule has 1 aromatic rings. The van der Waals surface area contributed by atoms with Crippen LogP contribution in [0.25, 0.3) is 0 Å². The molecule has 1 aliphatic heterocycles. The number of hydrogen-bond donors (Lipinski definition) is 0. The first-order valence-corrected chi connectivity index (χ1v) is 5.82. The van der Waals surface area contributed by atoms with Gasteiger partial charge in [0.2, 0.25) is 0 Å². The van der Waals surface area contributed by atoms with Gasteiger partial charge in [-0.25, -0.2) is 0 Å². The third kappa shape index (κ3) is 2.18. The van der Waals surface area contributed by atoms with Gasteiger partial charge < -0.3 is 4.74 Å². The lowest BCUT2D eigenvalue weighted by Gasteiger charge is -2.07. The first-order valence-electron chi connectivity index (χ1n) is 4.94. The average Bonchev–Trinajstić information content (AvgIpc) is 2.82. The summed E-state index contributed by atoms with van der Waals surface area (Å²) in [4.78, 5) is 23.1. The van der Waals surface area contributed by atoms with E-state index < -0.39 is 0 Å². The third-order valence-electron chi connectivity index (χ3n) is 2.68. The summed E-state index contributed by atoms with van der Waals surface area (Å²) >= 11 is 1.14. The quantitative estimate of drug-likeness (QED) is 0.768. The van der Waals surface area contributed by atoms with Crippen molar-refractivity contribution in [2.24, 2.45) is 5.92 Å². The lowest BCUT2D eigenvalue weighted by atomic mass is 10.0. The summed E-state index contributed by atoms with van der Waals surface area (Å²) in [6.45, 7) is 3.21. The van der Waals surface area contributed by atoms with Gasteiger partial charge in [-0.1, -0.05) is 11.3 Å². The summed E-state index contributed by atoms with van der Waals surface area (Å²) in [5.74, 6) is 0.0901. The molecule has 5 heteroatoms. The highest BCUT2D eigenvalue weighted by Gasteiger charge is 2.24. The Balaban J connectivity index is 2.08. The van der Waals surface area contributed by atoms with E-state index in [1.807, 2.05) is 6.92 Å². The molecule has 0 bridgehead atoms. The lowest BCUT2D eigenvalue weighted by Crippen LogP contribution is -2.25. The molecule has 1 aliphatic rings. The highest BCUT2D eigenvalue weighted by Crippen LogP contribution is 2.14. The number of thiazole rings is 1. The Morgan fingerprint density at radius 3 is 3.07 bits per heavy atom. The largest absolute Gasteiger partial charge is 0.381 e. The Morgan fingerprint density at radius 2 is 2.53 bits per heavy atom.